The summed E-state index contributed by atoms with van der Waals surface area (Å²) in [5, 5.41) is 15.8. The topological polar surface area (TPSA) is 61.4 Å². The summed E-state index contributed by atoms with van der Waals surface area (Å²) in [6.07, 6.45) is 1.08. The number of amides is 1. The van der Waals surface area contributed by atoms with E-state index in [1.165, 1.54) is 0 Å². The van der Waals surface area contributed by atoms with Crippen LogP contribution in [0.2, 0.25) is 0 Å². The Balaban J connectivity index is 2.04. The molecule has 4 nitrogen and oxygen atoms in total. The van der Waals surface area contributed by atoms with Gasteiger partial charge in [-0.05, 0) is 49.6 Å². The number of nitrogens with one attached hydrogen (secondary N) is 2. The molecule has 1 aliphatic rings. The normalized spacial score (nSPS) is 23.7. The second-order valence-corrected chi connectivity index (χ2v) is 5.05. The maximum atomic E-state index is 12.1. The molecule has 0 bridgehead atoms. The zero-order chi connectivity index (χ0) is 13.1. The highest BCUT2D eigenvalue weighted by molar-refractivity contribution is 5.94. The second-order valence-electron chi connectivity index (χ2n) is 5.05. The van der Waals surface area contributed by atoms with Crippen LogP contribution in [0.1, 0.15) is 29.3 Å². The molecule has 2 unspecified atom stereocenters. The van der Waals surface area contributed by atoms with E-state index < -0.39 is 0 Å². The molecular weight excluding hydrogens is 228 g/mol. The van der Waals surface area contributed by atoms with Crippen molar-refractivity contribution in [2.24, 2.45) is 5.92 Å². The van der Waals surface area contributed by atoms with Gasteiger partial charge in [0.1, 0.15) is 5.75 Å². The largest absolute Gasteiger partial charge is 0.508 e. The van der Waals surface area contributed by atoms with Crippen molar-refractivity contribution in [1.82, 2.24) is 10.6 Å². The average Bonchev–Trinajstić information content (AvgIpc) is 2.35. The minimum absolute atomic E-state index is 0.0707. The molecule has 1 saturated heterocycles. The molecule has 18 heavy (non-hydrogen) atoms. The van der Waals surface area contributed by atoms with Gasteiger partial charge in [0.2, 0.25) is 0 Å². The number of piperidine rings is 1. The molecule has 1 amide bonds. The molecule has 1 aliphatic heterocycles. The van der Waals surface area contributed by atoms with Gasteiger partial charge in [0.15, 0.2) is 0 Å². The van der Waals surface area contributed by atoms with Gasteiger partial charge in [0.05, 0.1) is 0 Å². The number of hydrogen-bond acceptors (Lipinski definition) is 3. The summed E-state index contributed by atoms with van der Waals surface area (Å²) >= 11 is 0. The van der Waals surface area contributed by atoms with Crippen LogP contribution in [0, 0.1) is 12.8 Å². The zero-order valence-corrected chi connectivity index (χ0v) is 10.9. The number of aryl methyl sites for hydroxylation is 1. The predicted octanol–water partition coefficient (Wildman–Crippen LogP) is 1.43. The first-order chi connectivity index (χ1) is 8.58. The zero-order valence-electron chi connectivity index (χ0n) is 10.9. The lowest BCUT2D eigenvalue weighted by molar-refractivity contribution is 0.0915. The fraction of sp³-hybridized carbons (Fsp3) is 0.500. The summed E-state index contributed by atoms with van der Waals surface area (Å²) in [7, 11) is 0. The highest BCUT2D eigenvalue weighted by atomic mass is 16.3. The van der Waals surface area contributed by atoms with E-state index >= 15 is 0 Å². The summed E-state index contributed by atoms with van der Waals surface area (Å²) in [6, 6.07) is 5.11. The first-order valence-electron chi connectivity index (χ1n) is 6.39. The Labute approximate surface area is 107 Å². The van der Waals surface area contributed by atoms with Gasteiger partial charge in [-0.2, -0.15) is 0 Å². The maximum Gasteiger partial charge on any atom is 0.251 e. The molecule has 1 heterocycles. The van der Waals surface area contributed by atoms with E-state index in [2.05, 4.69) is 17.6 Å². The third-order valence-electron chi connectivity index (χ3n) is 3.60. The van der Waals surface area contributed by atoms with E-state index in [0.717, 1.165) is 25.1 Å². The molecule has 0 radical (unpaired) electrons. The van der Waals surface area contributed by atoms with Gasteiger partial charge in [-0.3, -0.25) is 4.79 Å². The van der Waals surface area contributed by atoms with Crippen molar-refractivity contribution < 1.29 is 9.90 Å². The molecule has 1 aromatic carbocycles. The van der Waals surface area contributed by atoms with E-state index in [1.807, 2.05) is 0 Å². The molecule has 0 aromatic heterocycles. The lowest BCUT2D eigenvalue weighted by Crippen LogP contribution is -2.50. The van der Waals surface area contributed by atoms with Gasteiger partial charge in [-0.15, -0.1) is 0 Å². The van der Waals surface area contributed by atoms with Crippen LogP contribution < -0.4 is 10.6 Å². The molecule has 0 spiro atoms. The van der Waals surface area contributed by atoms with E-state index in [9.17, 15) is 9.90 Å². The van der Waals surface area contributed by atoms with Gasteiger partial charge in [0.25, 0.3) is 5.91 Å². The van der Waals surface area contributed by atoms with E-state index in [1.54, 1.807) is 25.1 Å². The first kappa shape index (κ1) is 12.9. The van der Waals surface area contributed by atoms with Crippen LogP contribution >= 0.6 is 0 Å². The third-order valence-corrected chi connectivity index (χ3v) is 3.60. The first-order valence-corrected chi connectivity index (χ1v) is 6.39. The van der Waals surface area contributed by atoms with Crippen LogP contribution in [-0.2, 0) is 0 Å². The molecule has 2 rings (SSSR count). The smallest absolute Gasteiger partial charge is 0.251 e. The third kappa shape index (κ3) is 2.82. The van der Waals surface area contributed by atoms with Crippen LogP contribution in [-0.4, -0.2) is 30.1 Å². The van der Waals surface area contributed by atoms with Crippen molar-refractivity contribution >= 4 is 5.91 Å². The summed E-state index contributed by atoms with van der Waals surface area (Å²) in [5.41, 5.74) is 1.32. The van der Waals surface area contributed by atoms with E-state index in [0.29, 0.717) is 11.5 Å². The van der Waals surface area contributed by atoms with Gasteiger partial charge >= 0.3 is 0 Å². The van der Waals surface area contributed by atoms with Crippen molar-refractivity contribution in [2.45, 2.75) is 26.3 Å². The quantitative estimate of drug-likeness (QED) is 0.742. The molecule has 2 atom stereocenters. The van der Waals surface area contributed by atoms with Gasteiger partial charge in [0, 0.05) is 18.2 Å². The number of rotatable bonds is 2. The van der Waals surface area contributed by atoms with Crippen molar-refractivity contribution in [3.8, 4) is 5.75 Å². The molecule has 1 aromatic rings. The van der Waals surface area contributed by atoms with Crippen LogP contribution in [0.15, 0.2) is 18.2 Å². The monoisotopic (exact) mass is 248 g/mol. The van der Waals surface area contributed by atoms with E-state index in [-0.39, 0.29) is 17.7 Å². The minimum Gasteiger partial charge on any atom is -0.508 e. The minimum atomic E-state index is -0.0707. The Hall–Kier alpha value is -1.55. The fourth-order valence-electron chi connectivity index (χ4n) is 2.23. The van der Waals surface area contributed by atoms with E-state index in [4.69, 9.17) is 0 Å². The molecular formula is C14H20N2O2. The van der Waals surface area contributed by atoms with Crippen molar-refractivity contribution in [3.05, 3.63) is 29.3 Å². The lowest BCUT2D eigenvalue weighted by atomic mass is 9.94. The van der Waals surface area contributed by atoms with Gasteiger partial charge < -0.3 is 15.7 Å². The number of phenolic OH excluding ortho intramolecular Hbond substituents is 1. The number of aromatic hydroxyl groups is 1. The molecule has 0 saturated carbocycles. The Morgan fingerprint density at radius 2 is 2.28 bits per heavy atom. The van der Waals surface area contributed by atoms with Gasteiger partial charge in [-0.25, -0.2) is 0 Å². The van der Waals surface area contributed by atoms with Crippen LogP contribution in [0.3, 0.4) is 0 Å². The number of carbonyl (C=O) groups excluding carboxylic acids is 1. The number of benzene rings is 1. The molecule has 0 aliphatic carbocycles. The molecule has 1 fully saturated rings. The average molecular weight is 248 g/mol. The van der Waals surface area contributed by atoms with Crippen LogP contribution in [0.25, 0.3) is 0 Å². The lowest BCUT2D eigenvalue weighted by Gasteiger charge is -2.30. The summed E-state index contributed by atoms with van der Waals surface area (Å²) in [6.45, 7) is 5.79. The second kappa shape index (κ2) is 5.40. The highest BCUT2D eigenvalue weighted by Gasteiger charge is 2.23. The van der Waals surface area contributed by atoms with Crippen LogP contribution in [0.5, 0.6) is 5.75 Å². The number of hydrogen-bond donors (Lipinski definition) is 3. The predicted molar refractivity (Wildman–Crippen MR) is 70.7 cm³/mol. The summed E-state index contributed by atoms with van der Waals surface area (Å²) in [4.78, 5) is 12.1. The molecule has 4 heteroatoms. The standard InChI is InChI=1S/C14H20N2O2/c1-9-5-6-15-8-12(9)16-14(18)11-3-4-13(17)10(2)7-11/h3-4,7,9,12,15,17H,5-6,8H2,1-2H3,(H,16,18). The number of phenols is 1. The SMILES string of the molecule is Cc1cc(C(=O)NC2CNCCC2C)ccc1O. The van der Waals surface area contributed by atoms with Crippen LogP contribution in [0.4, 0.5) is 0 Å². The Kier molecular flexibility index (Phi) is 3.87. The van der Waals surface area contributed by atoms with Crippen molar-refractivity contribution in [3.63, 3.8) is 0 Å². The van der Waals surface area contributed by atoms with Gasteiger partial charge in [-0.1, -0.05) is 6.92 Å². The Morgan fingerprint density at radius 1 is 1.50 bits per heavy atom. The maximum absolute atomic E-state index is 12.1. The Bertz CT molecular complexity index is 445. The Morgan fingerprint density at radius 3 is 2.94 bits per heavy atom. The molecule has 3 N–H and O–H groups in total. The highest BCUT2D eigenvalue weighted by Crippen LogP contribution is 2.18. The fourth-order valence-corrected chi connectivity index (χ4v) is 2.23. The molecule has 98 valence electrons. The van der Waals surface area contributed by atoms with Crippen molar-refractivity contribution in [2.75, 3.05) is 13.1 Å². The van der Waals surface area contributed by atoms with Crippen molar-refractivity contribution in [1.29, 1.82) is 0 Å². The summed E-state index contributed by atoms with van der Waals surface area (Å²) in [5.74, 6) is 0.645. The summed E-state index contributed by atoms with van der Waals surface area (Å²) < 4.78 is 0. The number of carbonyl (C=O) groups is 1.